The molecule has 6 aromatic carbocycles. The normalized spacial score (nSPS) is 17.9. The molecule has 0 bridgehead atoms. The molecule has 0 spiro atoms. The van der Waals surface area contributed by atoms with Gasteiger partial charge in [-0.1, -0.05) is 0 Å². The van der Waals surface area contributed by atoms with Crippen LogP contribution in [0.15, 0.2) is 114 Å². The van der Waals surface area contributed by atoms with Crippen LogP contribution in [0.4, 0.5) is 0 Å². The van der Waals surface area contributed by atoms with E-state index < -0.39 is 58.2 Å². The Morgan fingerprint density at radius 1 is 0.471 bits per heavy atom. The summed E-state index contributed by atoms with van der Waals surface area (Å²) in [6, 6.07) is 41.6. The molecule has 6 aromatic rings. The van der Waals surface area contributed by atoms with Gasteiger partial charge in [-0.05, 0) is 0 Å². The van der Waals surface area contributed by atoms with Gasteiger partial charge in [0.25, 0.3) is 0 Å². The van der Waals surface area contributed by atoms with E-state index in [9.17, 15) is 17.0 Å². The van der Waals surface area contributed by atoms with E-state index in [1.165, 1.54) is 91.6 Å². The van der Waals surface area contributed by atoms with Crippen molar-refractivity contribution in [2.24, 2.45) is 0 Å². The average molecular weight is 1130 g/mol. The molecule has 0 saturated heterocycles. The Hall–Kier alpha value is -2.65. The molecule has 0 amide bonds. The van der Waals surface area contributed by atoms with Crippen molar-refractivity contribution in [3.63, 3.8) is 0 Å². The first-order valence-electron chi connectivity index (χ1n) is 26.2. The Morgan fingerprint density at radius 2 is 0.857 bits per heavy atom. The van der Waals surface area contributed by atoms with E-state index in [0.717, 1.165) is 0 Å². The number of rotatable bonds is 11. The molecule has 1 heterocycles. The summed E-state index contributed by atoms with van der Waals surface area (Å²) in [6.45, 7) is 44.3. The van der Waals surface area contributed by atoms with Crippen molar-refractivity contribution in [3.05, 3.63) is 148 Å². The first-order chi connectivity index (χ1) is 32.4. The fourth-order valence-electron chi connectivity index (χ4n) is 12.6. The summed E-state index contributed by atoms with van der Waals surface area (Å²) in [4.78, 5) is 0. The van der Waals surface area contributed by atoms with Crippen molar-refractivity contribution in [3.8, 4) is 33.4 Å². The van der Waals surface area contributed by atoms with Crippen LogP contribution in [0.3, 0.4) is 0 Å². The summed E-state index contributed by atoms with van der Waals surface area (Å²) in [7, 11) is 11.4. The van der Waals surface area contributed by atoms with Gasteiger partial charge in [0.05, 0.1) is 0 Å². The van der Waals surface area contributed by atoms with Crippen molar-refractivity contribution in [2.75, 3.05) is 0 Å². The minimum atomic E-state index is -5.70. The monoisotopic (exact) mass is 1120 g/mol. The molecule has 3 aliphatic rings. The standard InChI is InChI=1S/2C25H35Si2.C12H9Si.2ClH.Zr/c2*1-17(2)23-11-10-19-12-18(3)13-24(19)25(23)20-14-21(26(4,5)6)16-22(15-20)27(7,8)9;1-3-7-11-9(5-1)10-6-2-4-8-12(10)13-11;;;/h2*10-17H,1-9H3;1-7H,13H2;2*1H;/q;;;;;+2/p-2. The third kappa shape index (κ3) is 8.70. The van der Waals surface area contributed by atoms with E-state index in [4.69, 9.17) is 0 Å². The van der Waals surface area contributed by atoms with Crippen LogP contribution in [0.1, 0.15) is 94.0 Å². The summed E-state index contributed by atoms with van der Waals surface area (Å²) >= 11 is -5.70. The molecule has 2 atom stereocenters. The maximum atomic E-state index is 9.48. The van der Waals surface area contributed by atoms with Crippen LogP contribution in [0.5, 0.6) is 0 Å². The molecule has 0 aromatic heterocycles. The van der Waals surface area contributed by atoms with Crippen LogP contribution in [0.2, 0.25) is 78.6 Å². The molecule has 1 aliphatic heterocycles. The van der Waals surface area contributed by atoms with Gasteiger partial charge >= 0.3 is 442 Å². The van der Waals surface area contributed by atoms with Crippen molar-refractivity contribution in [2.45, 2.75) is 139 Å². The van der Waals surface area contributed by atoms with Gasteiger partial charge in [-0.15, -0.1) is 0 Å². The number of hydrogen-bond acceptors (Lipinski definition) is 0. The Kier molecular flexibility index (Phi) is 13.2. The van der Waals surface area contributed by atoms with E-state index >= 15 is 0 Å². The maximum absolute atomic E-state index is 9.48. The van der Waals surface area contributed by atoms with E-state index in [1.807, 2.05) is 0 Å². The zero-order valence-corrected chi connectivity index (χ0v) is 55.1. The molecule has 0 radical (unpaired) electrons. The number of halogens is 2. The first kappa shape index (κ1) is 52.2. The van der Waals surface area contributed by atoms with Gasteiger partial charge in [-0.2, -0.15) is 0 Å². The first-order valence-corrected chi connectivity index (χ1v) is 52.0. The van der Waals surface area contributed by atoms with Crippen molar-refractivity contribution >= 4 is 105 Å². The van der Waals surface area contributed by atoms with Crippen LogP contribution in [-0.4, -0.2) is 41.8 Å². The second-order valence-electron chi connectivity index (χ2n) is 26.4. The van der Waals surface area contributed by atoms with Gasteiger partial charge in [0, 0.05) is 0 Å². The van der Waals surface area contributed by atoms with E-state index in [0.29, 0.717) is 11.8 Å². The summed E-state index contributed by atoms with van der Waals surface area (Å²) in [5, 5.41) is 9.15. The zero-order valence-electron chi connectivity index (χ0n) is 45.7. The van der Waals surface area contributed by atoms with Crippen LogP contribution in [0.25, 0.3) is 45.5 Å². The summed E-state index contributed by atoms with van der Waals surface area (Å²) < 4.78 is 1.05. The predicted octanol–water partition coefficient (Wildman–Crippen LogP) is 14.5. The third-order valence-corrected chi connectivity index (χ3v) is 47.8. The molecule has 8 heteroatoms. The average Bonchev–Trinajstić information content (AvgIpc) is 3.94. The van der Waals surface area contributed by atoms with Crippen LogP contribution in [0, 0.1) is 0 Å². The van der Waals surface area contributed by atoms with Gasteiger partial charge < -0.3 is 0 Å². The molecular formula is C62H79Cl2Si5Zr. The number of fused-ring (bicyclic) bond motifs is 5. The second-order valence-corrected chi connectivity index (χ2v) is 69.2. The SMILES string of the molecule is CC1=Cc2c(ccc(C(C)C)c2-c2cc([Si](C)(C)C)cc([Si](C)(C)C)c2)[CH]1[Zr]([Cl])([Cl])([c]1cccc2c1[SiH2]c1ccccc1-2)[CH]1C(C)=Cc2c1ccc(C(C)C)c2-c1cc([Si](C)(C)C)cc([Si](C)(C)C)c1. The second kappa shape index (κ2) is 17.7. The van der Waals surface area contributed by atoms with Crippen molar-refractivity contribution < 1.29 is 16.4 Å². The Bertz CT molecular complexity index is 2970. The van der Waals surface area contributed by atoms with Gasteiger partial charge in [-0.25, -0.2) is 0 Å². The predicted molar refractivity (Wildman–Crippen MR) is 328 cm³/mol. The molecule has 0 nitrogen and oxygen atoms in total. The number of hydrogen-bond donors (Lipinski definition) is 0. The van der Waals surface area contributed by atoms with Gasteiger partial charge in [0.1, 0.15) is 0 Å². The van der Waals surface area contributed by atoms with Crippen LogP contribution < -0.4 is 34.4 Å². The van der Waals surface area contributed by atoms with Crippen LogP contribution >= 0.6 is 17.0 Å². The van der Waals surface area contributed by atoms with E-state index in [-0.39, 0.29) is 7.25 Å². The molecule has 2 unspecified atom stereocenters. The number of allylic oxidation sites excluding steroid dienone is 2. The fourth-order valence-corrected chi connectivity index (χ4v) is 46.4. The topological polar surface area (TPSA) is 0 Å². The summed E-state index contributed by atoms with van der Waals surface area (Å²) in [5.74, 6) is 0.688. The molecule has 365 valence electrons. The summed E-state index contributed by atoms with van der Waals surface area (Å²) in [6.07, 6.45) is 5.10. The molecule has 0 N–H and O–H groups in total. The van der Waals surface area contributed by atoms with Gasteiger partial charge in [-0.3, -0.25) is 0 Å². The third-order valence-electron chi connectivity index (χ3n) is 16.5. The fraction of sp³-hybridized carbons (Fsp3) is 0.355. The molecule has 70 heavy (non-hydrogen) atoms. The van der Waals surface area contributed by atoms with Crippen LogP contribution in [-0.2, 0) is 16.4 Å². The Morgan fingerprint density at radius 3 is 1.24 bits per heavy atom. The minimum absolute atomic E-state index is 0.123. The molecule has 9 rings (SSSR count). The van der Waals surface area contributed by atoms with Crippen molar-refractivity contribution in [1.82, 2.24) is 0 Å². The van der Waals surface area contributed by atoms with Gasteiger partial charge in [0.2, 0.25) is 0 Å². The van der Waals surface area contributed by atoms with Crippen molar-refractivity contribution in [1.29, 1.82) is 0 Å². The molecule has 2 aliphatic carbocycles. The quantitative estimate of drug-likeness (QED) is 0.113. The Balaban J connectivity index is 1.37. The number of benzene rings is 6. The van der Waals surface area contributed by atoms with E-state index in [1.54, 1.807) is 20.7 Å². The zero-order chi connectivity index (χ0) is 51.0. The van der Waals surface area contributed by atoms with E-state index in [2.05, 4.69) is 235 Å². The molecular weight excluding hydrogens is 1050 g/mol. The summed E-state index contributed by atoms with van der Waals surface area (Å²) in [5.41, 5.74) is 19.1. The Labute approximate surface area is 437 Å². The molecule has 0 saturated carbocycles. The molecule has 0 fully saturated rings. The van der Waals surface area contributed by atoms with Gasteiger partial charge in [0.15, 0.2) is 0 Å².